The first-order chi connectivity index (χ1) is 6.70. The number of ether oxygens (including phenoxy) is 2. The van der Waals surface area contributed by atoms with Crippen LogP contribution in [0.25, 0.3) is 0 Å². The van der Waals surface area contributed by atoms with Crippen molar-refractivity contribution in [3.8, 4) is 5.75 Å². The second-order valence-electron chi connectivity index (χ2n) is 2.44. The SMILES string of the molecule is COCOc1ccc(Br)c(SC)c1F. The summed E-state index contributed by atoms with van der Waals surface area (Å²) in [4.78, 5) is 0.540. The van der Waals surface area contributed by atoms with E-state index in [-0.39, 0.29) is 18.4 Å². The van der Waals surface area contributed by atoms with Crippen LogP contribution in [0.1, 0.15) is 0 Å². The molecule has 1 rings (SSSR count). The van der Waals surface area contributed by atoms with Gasteiger partial charge in [0.05, 0.1) is 4.90 Å². The Bertz CT molecular complexity index is 320. The first-order valence-corrected chi connectivity index (χ1v) is 5.86. The molecule has 1 aromatic rings. The summed E-state index contributed by atoms with van der Waals surface area (Å²) < 4.78 is 24.1. The van der Waals surface area contributed by atoms with E-state index in [9.17, 15) is 4.39 Å². The Hall–Kier alpha value is -0.260. The predicted molar refractivity (Wildman–Crippen MR) is 58.4 cm³/mol. The van der Waals surface area contributed by atoms with Gasteiger partial charge in [-0.2, -0.15) is 0 Å². The highest BCUT2D eigenvalue weighted by Crippen LogP contribution is 2.33. The molecule has 0 spiro atoms. The fraction of sp³-hybridized carbons (Fsp3) is 0.333. The lowest BCUT2D eigenvalue weighted by Crippen LogP contribution is -2.01. The second-order valence-corrected chi connectivity index (χ2v) is 4.11. The summed E-state index contributed by atoms with van der Waals surface area (Å²) in [7, 11) is 1.49. The molecule has 0 aliphatic rings. The molecule has 5 heteroatoms. The molecule has 0 atom stereocenters. The Kier molecular flexibility index (Phi) is 4.71. The van der Waals surface area contributed by atoms with Crippen molar-refractivity contribution in [2.45, 2.75) is 4.90 Å². The molecule has 0 heterocycles. The summed E-state index contributed by atoms with van der Waals surface area (Å²) in [5.41, 5.74) is 0. The van der Waals surface area contributed by atoms with Gasteiger partial charge in [-0.15, -0.1) is 11.8 Å². The van der Waals surface area contributed by atoms with Crippen LogP contribution in [0.4, 0.5) is 4.39 Å². The predicted octanol–water partition coefficient (Wildman–Crippen LogP) is 3.29. The Morgan fingerprint density at radius 2 is 2.21 bits per heavy atom. The van der Waals surface area contributed by atoms with E-state index >= 15 is 0 Å². The average Bonchev–Trinajstić information content (AvgIpc) is 2.18. The van der Waals surface area contributed by atoms with E-state index in [1.54, 1.807) is 12.1 Å². The van der Waals surface area contributed by atoms with Crippen LogP contribution in [0.2, 0.25) is 0 Å². The van der Waals surface area contributed by atoms with Crippen molar-refractivity contribution in [2.75, 3.05) is 20.2 Å². The van der Waals surface area contributed by atoms with E-state index in [1.165, 1.54) is 18.9 Å². The summed E-state index contributed by atoms with van der Waals surface area (Å²) in [6.07, 6.45) is 1.81. The van der Waals surface area contributed by atoms with E-state index < -0.39 is 0 Å². The molecule has 0 N–H and O–H groups in total. The zero-order chi connectivity index (χ0) is 10.6. The van der Waals surface area contributed by atoms with E-state index in [1.807, 2.05) is 6.26 Å². The van der Waals surface area contributed by atoms with Crippen molar-refractivity contribution in [1.29, 1.82) is 0 Å². The minimum atomic E-state index is -0.357. The van der Waals surface area contributed by atoms with Gasteiger partial charge in [0.15, 0.2) is 18.4 Å². The van der Waals surface area contributed by atoms with Gasteiger partial charge in [-0.25, -0.2) is 4.39 Å². The van der Waals surface area contributed by atoms with Gasteiger partial charge in [0, 0.05) is 11.6 Å². The molecule has 0 radical (unpaired) electrons. The van der Waals surface area contributed by atoms with Crippen LogP contribution >= 0.6 is 27.7 Å². The Morgan fingerprint density at radius 3 is 2.79 bits per heavy atom. The zero-order valence-electron chi connectivity index (χ0n) is 7.84. The van der Waals surface area contributed by atoms with Gasteiger partial charge in [-0.1, -0.05) is 0 Å². The Morgan fingerprint density at radius 1 is 1.50 bits per heavy atom. The van der Waals surface area contributed by atoms with Crippen LogP contribution in [0.15, 0.2) is 21.5 Å². The van der Waals surface area contributed by atoms with Crippen molar-refractivity contribution in [2.24, 2.45) is 0 Å². The smallest absolute Gasteiger partial charge is 0.188 e. The van der Waals surface area contributed by atoms with E-state index in [0.29, 0.717) is 4.90 Å². The number of thioether (sulfide) groups is 1. The molecule has 0 aliphatic heterocycles. The summed E-state index contributed by atoms with van der Waals surface area (Å²) in [6.45, 7) is 0.0480. The summed E-state index contributed by atoms with van der Waals surface area (Å²) in [5, 5.41) is 0. The number of benzene rings is 1. The standard InChI is InChI=1S/C9H10BrFO2S/c1-12-5-13-7-4-3-6(10)9(14-2)8(7)11/h3-4H,5H2,1-2H3. The van der Waals surface area contributed by atoms with Gasteiger partial charge >= 0.3 is 0 Å². The maximum atomic E-state index is 13.6. The maximum absolute atomic E-state index is 13.6. The fourth-order valence-corrected chi connectivity index (χ4v) is 2.27. The molecule has 0 aromatic heterocycles. The highest BCUT2D eigenvalue weighted by Gasteiger charge is 2.11. The summed E-state index contributed by atoms with van der Waals surface area (Å²) in [5.74, 6) is -0.150. The Labute approximate surface area is 94.9 Å². The third-order valence-electron chi connectivity index (χ3n) is 1.55. The third-order valence-corrected chi connectivity index (χ3v) is 3.28. The number of halogens is 2. The van der Waals surface area contributed by atoms with E-state index in [0.717, 1.165) is 4.47 Å². The fourth-order valence-electron chi connectivity index (χ4n) is 0.935. The normalized spacial score (nSPS) is 10.3. The average molecular weight is 281 g/mol. The van der Waals surface area contributed by atoms with Gasteiger partial charge in [0.2, 0.25) is 0 Å². The second kappa shape index (κ2) is 5.58. The van der Waals surface area contributed by atoms with Crippen LogP contribution in [0, 0.1) is 5.82 Å². The minimum Gasteiger partial charge on any atom is -0.464 e. The molecular weight excluding hydrogens is 271 g/mol. The first kappa shape index (κ1) is 11.8. The third kappa shape index (κ3) is 2.62. The quantitative estimate of drug-likeness (QED) is 0.623. The highest BCUT2D eigenvalue weighted by molar-refractivity contribution is 9.10. The number of methoxy groups -OCH3 is 1. The van der Waals surface area contributed by atoms with Crippen LogP contribution in [-0.4, -0.2) is 20.2 Å². The Balaban J connectivity index is 2.96. The van der Waals surface area contributed by atoms with Crippen molar-refractivity contribution in [3.05, 3.63) is 22.4 Å². The monoisotopic (exact) mass is 280 g/mol. The number of hydrogen-bond acceptors (Lipinski definition) is 3. The molecule has 0 saturated carbocycles. The lowest BCUT2D eigenvalue weighted by atomic mass is 10.3. The van der Waals surface area contributed by atoms with Crippen molar-refractivity contribution in [3.63, 3.8) is 0 Å². The lowest BCUT2D eigenvalue weighted by molar-refractivity contribution is 0.0479. The van der Waals surface area contributed by atoms with Gasteiger partial charge in [0.25, 0.3) is 0 Å². The molecule has 1 aromatic carbocycles. The molecule has 14 heavy (non-hydrogen) atoms. The van der Waals surface area contributed by atoms with Crippen molar-refractivity contribution < 1.29 is 13.9 Å². The molecule has 78 valence electrons. The van der Waals surface area contributed by atoms with Crippen molar-refractivity contribution in [1.82, 2.24) is 0 Å². The molecule has 0 fully saturated rings. The first-order valence-electron chi connectivity index (χ1n) is 3.84. The zero-order valence-corrected chi connectivity index (χ0v) is 10.2. The molecule has 0 amide bonds. The molecule has 0 aliphatic carbocycles. The van der Waals surface area contributed by atoms with Crippen LogP contribution in [0.5, 0.6) is 5.75 Å². The largest absolute Gasteiger partial charge is 0.464 e. The molecular formula is C9H10BrFO2S. The molecule has 0 bridgehead atoms. The number of hydrogen-bond donors (Lipinski definition) is 0. The maximum Gasteiger partial charge on any atom is 0.188 e. The van der Waals surface area contributed by atoms with Crippen LogP contribution in [0.3, 0.4) is 0 Å². The summed E-state index contributed by atoms with van der Waals surface area (Å²) in [6, 6.07) is 3.32. The molecule has 0 saturated heterocycles. The number of rotatable bonds is 4. The van der Waals surface area contributed by atoms with E-state index in [2.05, 4.69) is 15.9 Å². The van der Waals surface area contributed by atoms with Crippen LogP contribution < -0.4 is 4.74 Å². The van der Waals surface area contributed by atoms with E-state index in [4.69, 9.17) is 9.47 Å². The minimum absolute atomic E-state index is 0.0480. The van der Waals surface area contributed by atoms with Crippen molar-refractivity contribution >= 4 is 27.7 Å². The van der Waals surface area contributed by atoms with Gasteiger partial charge < -0.3 is 9.47 Å². The summed E-state index contributed by atoms with van der Waals surface area (Å²) >= 11 is 4.59. The topological polar surface area (TPSA) is 18.5 Å². The lowest BCUT2D eigenvalue weighted by Gasteiger charge is -2.09. The van der Waals surface area contributed by atoms with Crippen LogP contribution in [-0.2, 0) is 4.74 Å². The van der Waals surface area contributed by atoms with Gasteiger partial charge in [-0.3, -0.25) is 0 Å². The van der Waals surface area contributed by atoms with Gasteiger partial charge in [0.1, 0.15) is 0 Å². The molecule has 2 nitrogen and oxygen atoms in total. The highest BCUT2D eigenvalue weighted by atomic mass is 79.9. The van der Waals surface area contributed by atoms with Gasteiger partial charge in [-0.05, 0) is 34.3 Å². The molecule has 0 unspecified atom stereocenters.